The van der Waals surface area contributed by atoms with Crippen molar-refractivity contribution in [3.05, 3.63) is 24.0 Å². The van der Waals surface area contributed by atoms with Gasteiger partial charge in [0, 0.05) is 12.2 Å². The predicted octanol–water partition coefficient (Wildman–Crippen LogP) is 1.61. The second-order valence-electron chi connectivity index (χ2n) is 4.96. The first-order valence-electron chi connectivity index (χ1n) is 6.71. The largest absolute Gasteiger partial charge is 0.479 e. The minimum atomic E-state index is -1.08. The quantitative estimate of drug-likeness (QED) is 0.854. The summed E-state index contributed by atoms with van der Waals surface area (Å²) in [6.07, 6.45) is 6.25. The Kier molecular flexibility index (Phi) is 4.55. The smallest absolute Gasteiger partial charge is 0.337 e. The Hall–Kier alpha value is -2.11. The van der Waals surface area contributed by atoms with E-state index in [4.69, 9.17) is 9.84 Å². The standard InChI is InChI=1S/C14H18N2O4/c1-9(13(17)16-11-4-2-3-5-11)20-12-6-10(14(18)19)7-15-8-12/h6-9,11H,2-5H2,1H3,(H,16,17)(H,18,19). The van der Waals surface area contributed by atoms with Crippen molar-refractivity contribution in [3.63, 3.8) is 0 Å². The van der Waals surface area contributed by atoms with E-state index in [2.05, 4.69) is 10.3 Å². The number of carboxylic acid groups (broad SMARTS) is 1. The molecule has 1 amide bonds. The van der Waals surface area contributed by atoms with Gasteiger partial charge in [0.05, 0.1) is 11.8 Å². The number of carbonyl (C=O) groups excluding carboxylic acids is 1. The number of nitrogens with zero attached hydrogens (tertiary/aromatic N) is 1. The SMILES string of the molecule is CC(Oc1cncc(C(=O)O)c1)C(=O)NC1CCCC1. The number of hydrogen-bond acceptors (Lipinski definition) is 4. The Balaban J connectivity index is 1.92. The predicted molar refractivity (Wildman–Crippen MR) is 71.7 cm³/mol. The molecule has 6 heteroatoms. The van der Waals surface area contributed by atoms with Crippen molar-refractivity contribution in [2.24, 2.45) is 0 Å². The van der Waals surface area contributed by atoms with Gasteiger partial charge in [-0.15, -0.1) is 0 Å². The van der Waals surface area contributed by atoms with Crippen molar-refractivity contribution in [1.29, 1.82) is 0 Å². The molecule has 0 spiro atoms. The maximum Gasteiger partial charge on any atom is 0.337 e. The van der Waals surface area contributed by atoms with Crippen LogP contribution in [0.15, 0.2) is 18.5 Å². The van der Waals surface area contributed by atoms with Gasteiger partial charge in [-0.25, -0.2) is 4.79 Å². The highest BCUT2D eigenvalue weighted by Gasteiger charge is 2.21. The van der Waals surface area contributed by atoms with Crippen molar-refractivity contribution in [1.82, 2.24) is 10.3 Å². The molecule has 2 N–H and O–H groups in total. The summed E-state index contributed by atoms with van der Waals surface area (Å²) >= 11 is 0. The van der Waals surface area contributed by atoms with Gasteiger partial charge in [-0.1, -0.05) is 12.8 Å². The van der Waals surface area contributed by atoms with Crippen molar-refractivity contribution >= 4 is 11.9 Å². The van der Waals surface area contributed by atoms with E-state index in [0.29, 0.717) is 0 Å². The van der Waals surface area contributed by atoms with Gasteiger partial charge in [0.25, 0.3) is 5.91 Å². The van der Waals surface area contributed by atoms with Crippen LogP contribution in [-0.4, -0.2) is 34.1 Å². The fraction of sp³-hybridized carbons (Fsp3) is 0.500. The van der Waals surface area contributed by atoms with E-state index < -0.39 is 12.1 Å². The van der Waals surface area contributed by atoms with Gasteiger partial charge in [-0.2, -0.15) is 0 Å². The van der Waals surface area contributed by atoms with Gasteiger partial charge >= 0.3 is 5.97 Å². The highest BCUT2D eigenvalue weighted by Crippen LogP contribution is 2.18. The third-order valence-electron chi connectivity index (χ3n) is 3.34. The Labute approximate surface area is 117 Å². The number of nitrogens with one attached hydrogen (secondary N) is 1. The topological polar surface area (TPSA) is 88.5 Å². The van der Waals surface area contributed by atoms with Gasteiger partial charge in [-0.3, -0.25) is 9.78 Å². The monoisotopic (exact) mass is 278 g/mol. The molecular formula is C14H18N2O4. The molecule has 0 radical (unpaired) electrons. The molecule has 1 heterocycles. The van der Waals surface area contributed by atoms with Gasteiger partial charge in [0.1, 0.15) is 5.75 Å². The van der Waals surface area contributed by atoms with E-state index in [1.54, 1.807) is 6.92 Å². The molecule has 20 heavy (non-hydrogen) atoms. The van der Waals surface area contributed by atoms with E-state index >= 15 is 0 Å². The third kappa shape index (κ3) is 3.69. The molecule has 1 unspecified atom stereocenters. The Bertz CT molecular complexity index is 498. The Morgan fingerprint density at radius 3 is 2.75 bits per heavy atom. The molecule has 0 bridgehead atoms. The van der Waals surface area contributed by atoms with Crippen LogP contribution in [-0.2, 0) is 4.79 Å². The maximum atomic E-state index is 11.9. The zero-order valence-electron chi connectivity index (χ0n) is 11.3. The number of pyridine rings is 1. The maximum absolute atomic E-state index is 11.9. The van der Waals surface area contributed by atoms with E-state index in [-0.39, 0.29) is 23.3 Å². The van der Waals surface area contributed by atoms with Crippen LogP contribution in [0.4, 0.5) is 0 Å². The number of rotatable bonds is 5. The molecule has 1 fully saturated rings. The molecule has 1 saturated carbocycles. The van der Waals surface area contributed by atoms with Crippen molar-refractivity contribution in [2.45, 2.75) is 44.8 Å². The zero-order valence-corrected chi connectivity index (χ0v) is 11.3. The summed E-state index contributed by atoms with van der Waals surface area (Å²) in [5.41, 5.74) is 0.0332. The van der Waals surface area contributed by atoms with Gasteiger partial charge in [0.2, 0.25) is 0 Å². The molecular weight excluding hydrogens is 260 g/mol. The summed E-state index contributed by atoms with van der Waals surface area (Å²) < 4.78 is 5.44. The van der Waals surface area contributed by atoms with E-state index in [9.17, 15) is 9.59 Å². The summed E-state index contributed by atoms with van der Waals surface area (Å²) in [5, 5.41) is 11.8. The number of ether oxygens (including phenoxy) is 1. The summed E-state index contributed by atoms with van der Waals surface area (Å²) in [7, 11) is 0. The molecule has 1 aliphatic rings. The summed E-state index contributed by atoms with van der Waals surface area (Å²) in [6, 6.07) is 1.59. The second-order valence-corrected chi connectivity index (χ2v) is 4.96. The fourth-order valence-corrected chi connectivity index (χ4v) is 2.25. The number of carbonyl (C=O) groups is 2. The Morgan fingerprint density at radius 1 is 1.40 bits per heavy atom. The zero-order chi connectivity index (χ0) is 14.5. The lowest BCUT2D eigenvalue weighted by Gasteiger charge is -2.17. The molecule has 0 aromatic carbocycles. The molecule has 1 atom stereocenters. The van der Waals surface area contributed by atoms with E-state index in [0.717, 1.165) is 25.7 Å². The first kappa shape index (κ1) is 14.3. The van der Waals surface area contributed by atoms with Crippen LogP contribution < -0.4 is 10.1 Å². The van der Waals surface area contributed by atoms with Crippen molar-refractivity contribution in [3.8, 4) is 5.75 Å². The van der Waals surface area contributed by atoms with Gasteiger partial charge < -0.3 is 15.2 Å². The van der Waals surface area contributed by atoms with E-state index in [1.165, 1.54) is 18.5 Å². The minimum absolute atomic E-state index is 0.0332. The Morgan fingerprint density at radius 2 is 2.10 bits per heavy atom. The average molecular weight is 278 g/mol. The number of aromatic nitrogens is 1. The lowest BCUT2D eigenvalue weighted by molar-refractivity contribution is -0.127. The van der Waals surface area contributed by atoms with Crippen molar-refractivity contribution < 1.29 is 19.4 Å². The first-order valence-corrected chi connectivity index (χ1v) is 6.71. The lowest BCUT2D eigenvalue weighted by Crippen LogP contribution is -2.41. The molecule has 0 saturated heterocycles. The summed E-state index contributed by atoms with van der Waals surface area (Å²) in [6.45, 7) is 1.64. The molecule has 1 aromatic rings. The summed E-state index contributed by atoms with van der Waals surface area (Å²) in [5.74, 6) is -0.984. The normalized spacial score (nSPS) is 16.6. The number of amides is 1. The van der Waals surface area contributed by atoms with Crippen LogP contribution in [0, 0.1) is 0 Å². The van der Waals surface area contributed by atoms with Gasteiger partial charge in [0.15, 0.2) is 6.10 Å². The number of aromatic carboxylic acids is 1. The van der Waals surface area contributed by atoms with Gasteiger partial charge in [-0.05, 0) is 25.8 Å². The number of hydrogen-bond donors (Lipinski definition) is 2. The van der Waals surface area contributed by atoms with Crippen LogP contribution >= 0.6 is 0 Å². The average Bonchev–Trinajstić information content (AvgIpc) is 2.91. The number of carboxylic acids is 1. The first-order chi connectivity index (χ1) is 9.56. The molecule has 2 rings (SSSR count). The van der Waals surface area contributed by atoms with E-state index in [1.807, 2.05) is 0 Å². The molecule has 108 valence electrons. The van der Waals surface area contributed by atoms with Crippen LogP contribution in [0.2, 0.25) is 0 Å². The third-order valence-corrected chi connectivity index (χ3v) is 3.34. The molecule has 1 aliphatic carbocycles. The summed E-state index contributed by atoms with van der Waals surface area (Å²) in [4.78, 5) is 26.6. The van der Waals surface area contributed by atoms with Crippen LogP contribution in [0.3, 0.4) is 0 Å². The van der Waals surface area contributed by atoms with Crippen LogP contribution in [0.25, 0.3) is 0 Å². The highest BCUT2D eigenvalue weighted by molar-refractivity contribution is 5.87. The molecule has 0 aliphatic heterocycles. The van der Waals surface area contributed by atoms with Crippen LogP contribution in [0.1, 0.15) is 43.0 Å². The van der Waals surface area contributed by atoms with Crippen LogP contribution in [0.5, 0.6) is 5.75 Å². The van der Waals surface area contributed by atoms with Crippen molar-refractivity contribution in [2.75, 3.05) is 0 Å². The molecule has 6 nitrogen and oxygen atoms in total. The minimum Gasteiger partial charge on any atom is -0.479 e. The lowest BCUT2D eigenvalue weighted by atomic mass is 10.2. The molecule has 1 aromatic heterocycles. The second kappa shape index (κ2) is 6.36. The highest BCUT2D eigenvalue weighted by atomic mass is 16.5. The fourth-order valence-electron chi connectivity index (χ4n) is 2.25.